The minimum absolute atomic E-state index is 0.151. The second-order valence-corrected chi connectivity index (χ2v) is 8.57. The Hall–Kier alpha value is -1.30. The third kappa shape index (κ3) is 3.03. The number of piperidine rings is 1. The van der Waals surface area contributed by atoms with Crippen LogP contribution in [-0.4, -0.2) is 77.6 Å². The summed E-state index contributed by atoms with van der Waals surface area (Å²) in [5.74, 6) is 0.363. The number of carbonyl (C=O) groups excluding carboxylic acids is 2. The van der Waals surface area contributed by atoms with E-state index < -0.39 is 0 Å². The first-order valence-corrected chi connectivity index (χ1v) is 9.98. The smallest absolute Gasteiger partial charge is 0.409 e. The molecular weight excluding hydrogens is 318 g/mol. The van der Waals surface area contributed by atoms with Crippen LogP contribution in [0.1, 0.15) is 52.4 Å². The molecule has 3 saturated heterocycles. The van der Waals surface area contributed by atoms with Gasteiger partial charge >= 0.3 is 6.09 Å². The van der Waals surface area contributed by atoms with Gasteiger partial charge in [0.1, 0.15) is 0 Å². The molecule has 6 nitrogen and oxygen atoms in total. The van der Waals surface area contributed by atoms with E-state index >= 15 is 0 Å². The summed E-state index contributed by atoms with van der Waals surface area (Å²) in [5.41, 5.74) is 0.369. The molecule has 1 saturated carbocycles. The summed E-state index contributed by atoms with van der Waals surface area (Å²) in [6.45, 7) is 8.48. The standard InChI is InChI=1S/C19H31N3O3/c1-3-25-18(24)21-12-19(13-21)10-16(11-19)20-8-6-15(7-9-20)22-14(2)4-5-17(22)23/h14-16H,3-13H2,1-2H3. The molecule has 2 amide bonds. The Balaban J connectivity index is 1.21. The average molecular weight is 349 g/mol. The second kappa shape index (κ2) is 6.45. The van der Waals surface area contributed by atoms with Gasteiger partial charge < -0.3 is 19.4 Å². The molecule has 4 aliphatic rings. The number of rotatable bonds is 3. The van der Waals surface area contributed by atoms with Crippen LogP contribution in [0.25, 0.3) is 0 Å². The van der Waals surface area contributed by atoms with Gasteiger partial charge in [-0.3, -0.25) is 4.79 Å². The van der Waals surface area contributed by atoms with Crippen molar-refractivity contribution in [1.82, 2.24) is 14.7 Å². The summed E-state index contributed by atoms with van der Waals surface area (Å²) in [6, 6.07) is 1.56. The highest BCUT2D eigenvalue weighted by Gasteiger charge is 2.55. The van der Waals surface area contributed by atoms with Gasteiger partial charge in [-0.15, -0.1) is 0 Å². The first-order valence-electron chi connectivity index (χ1n) is 9.98. The average Bonchev–Trinajstić information content (AvgIpc) is 2.85. The Kier molecular flexibility index (Phi) is 4.42. The first kappa shape index (κ1) is 17.1. The molecule has 1 atom stereocenters. The summed E-state index contributed by atoms with van der Waals surface area (Å²) >= 11 is 0. The van der Waals surface area contributed by atoms with Crippen molar-refractivity contribution in [1.29, 1.82) is 0 Å². The molecule has 140 valence electrons. The molecule has 0 radical (unpaired) electrons. The molecule has 1 aliphatic carbocycles. The van der Waals surface area contributed by atoms with E-state index in [1.165, 1.54) is 12.8 Å². The Labute approximate surface area is 150 Å². The number of ether oxygens (including phenoxy) is 1. The van der Waals surface area contributed by atoms with Crippen LogP contribution in [0.5, 0.6) is 0 Å². The highest BCUT2D eigenvalue weighted by molar-refractivity contribution is 5.79. The summed E-state index contributed by atoms with van der Waals surface area (Å²) in [7, 11) is 0. The lowest BCUT2D eigenvalue weighted by molar-refractivity contribution is -0.133. The summed E-state index contributed by atoms with van der Waals surface area (Å²) in [6.07, 6.45) is 6.29. The van der Waals surface area contributed by atoms with Crippen LogP contribution in [0.2, 0.25) is 0 Å². The highest BCUT2D eigenvalue weighted by Crippen LogP contribution is 2.50. The molecule has 25 heavy (non-hydrogen) atoms. The SMILES string of the molecule is CCOC(=O)N1CC2(CC(N3CCC(N4C(=O)CCC4C)CC3)C2)C1. The molecule has 0 aromatic carbocycles. The second-order valence-electron chi connectivity index (χ2n) is 8.57. The molecule has 0 bridgehead atoms. The molecule has 4 fully saturated rings. The number of nitrogens with zero attached hydrogens (tertiary/aromatic N) is 3. The van der Waals surface area contributed by atoms with Crippen LogP contribution >= 0.6 is 0 Å². The van der Waals surface area contributed by atoms with Gasteiger partial charge in [0.25, 0.3) is 0 Å². The van der Waals surface area contributed by atoms with Crippen LogP contribution in [0, 0.1) is 5.41 Å². The number of carbonyl (C=O) groups is 2. The van der Waals surface area contributed by atoms with Crippen molar-refractivity contribution in [3.63, 3.8) is 0 Å². The zero-order valence-electron chi connectivity index (χ0n) is 15.6. The largest absolute Gasteiger partial charge is 0.450 e. The van der Waals surface area contributed by atoms with E-state index in [1.54, 1.807) is 0 Å². The summed E-state index contributed by atoms with van der Waals surface area (Å²) in [4.78, 5) is 30.4. The quantitative estimate of drug-likeness (QED) is 0.783. The Morgan fingerprint density at radius 2 is 1.84 bits per heavy atom. The van der Waals surface area contributed by atoms with Crippen molar-refractivity contribution in [3.05, 3.63) is 0 Å². The molecule has 0 aromatic heterocycles. The maximum atomic E-state index is 12.1. The Morgan fingerprint density at radius 1 is 1.16 bits per heavy atom. The van der Waals surface area contributed by atoms with Gasteiger partial charge in [0, 0.05) is 56.1 Å². The van der Waals surface area contributed by atoms with Gasteiger partial charge in [-0.25, -0.2) is 4.79 Å². The fourth-order valence-corrected chi connectivity index (χ4v) is 5.50. The van der Waals surface area contributed by atoms with Crippen LogP contribution in [0.4, 0.5) is 4.79 Å². The van der Waals surface area contributed by atoms with Gasteiger partial charge in [0.2, 0.25) is 5.91 Å². The van der Waals surface area contributed by atoms with Crippen molar-refractivity contribution in [2.24, 2.45) is 5.41 Å². The summed E-state index contributed by atoms with van der Waals surface area (Å²) in [5, 5.41) is 0. The van der Waals surface area contributed by atoms with Gasteiger partial charge in [-0.05, 0) is 46.0 Å². The molecule has 0 aromatic rings. The monoisotopic (exact) mass is 349 g/mol. The topological polar surface area (TPSA) is 53.1 Å². The lowest BCUT2D eigenvalue weighted by Gasteiger charge is -2.61. The van der Waals surface area contributed by atoms with Crippen molar-refractivity contribution < 1.29 is 14.3 Å². The highest BCUT2D eigenvalue weighted by atomic mass is 16.6. The van der Waals surface area contributed by atoms with Crippen LogP contribution in [-0.2, 0) is 9.53 Å². The van der Waals surface area contributed by atoms with Crippen LogP contribution in [0.3, 0.4) is 0 Å². The molecule has 4 rings (SSSR count). The van der Waals surface area contributed by atoms with Crippen molar-refractivity contribution in [2.75, 3.05) is 32.8 Å². The number of hydrogen-bond acceptors (Lipinski definition) is 4. The number of hydrogen-bond donors (Lipinski definition) is 0. The predicted molar refractivity (Wildman–Crippen MR) is 94.2 cm³/mol. The van der Waals surface area contributed by atoms with Gasteiger partial charge in [-0.1, -0.05) is 0 Å². The molecule has 3 heterocycles. The molecule has 1 unspecified atom stereocenters. The van der Waals surface area contributed by atoms with Gasteiger partial charge in [0.05, 0.1) is 6.61 Å². The van der Waals surface area contributed by atoms with E-state index in [0.717, 1.165) is 51.9 Å². The van der Waals surface area contributed by atoms with E-state index in [4.69, 9.17) is 4.74 Å². The Bertz CT molecular complexity index is 530. The molecule has 3 aliphatic heterocycles. The van der Waals surface area contributed by atoms with E-state index in [9.17, 15) is 9.59 Å². The van der Waals surface area contributed by atoms with Crippen molar-refractivity contribution in [3.8, 4) is 0 Å². The van der Waals surface area contributed by atoms with Crippen LogP contribution < -0.4 is 0 Å². The van der Waals surface area contributed by atoms with Gasteiger partial charge in [-0.2, -0.15) is 0 Å². The maximum Gasteiger partial charge on any atom is 0.409 e. The minimum Gasteiger partial charge on any atom is -0.450 e. The molecular formula is C19H31N3O3. The normalized spacial score (nSPS) is 30.5. The lowest BCUT2D eigenvalue weighted by Crippen LogP contribution is -2.68. The Morgan fingerprint density at radius 3 is 2.40 bits per heavy atom. The zero-order valence-corrected chi connectivity index (χ0v) is 15.6. The molecule has 0 N–H and O–H groups in total. The maximum absolute atomic E-state index is 12.1. The fourth-order valence-electron chi connectivity index (χ4n) is 5.50. The van der Waals surface area contributed by atoms with Crippen molar-refractivity contribution >= 4 is 12.0 Å². The van der Waals surface area contributed by atoms with E-state index in [1.807, 2.05) is 11.8 Å². The lowest BCUT2D eigenvalue weighted by atomic mass is 9.60. The zero-order chi connectivity index (χ0) is 17.6. The van der Waals surface area contributed by atoms with E-state index in [0.29, 0.717) is 36.1 Å². The first-order chi connectivity index (χ1) is 12.0. The van der Waals surface area contributed by atoms with Gasteiger partial charge in [0.15, 0.2) is 0 Å². The third-order valence-corrected chi connectivity index (χ3v) is 6.86. The summed E-state index contributed by atoms with van der Waals surface area (Å²) < 4.78 is 5.07. The number of likely N-dealkylation sites (tertiary alicyclic amines) is 3. The minimum atomic E-state index is -0.151. The molecule has 1 spiro atoms. The van der Waals surface area contributed by atoms with E-state index in [2.05, 4.69) is 16.7 Å². The third-order valence-electron chi connectivity index (χ3n) is 6.86. The van der Waals surface area contributed by atoms with Crippen LogP contribution in [0.15, 0.2) is 0 Å². The molecule has 6 heteroatoms. The van der Waals surface area contributed by atoms with E-state index in [-0.39, 0.29) is 6.09 Å². The fraction of sp³-hybridized carbons (Fsp3) is 0.895. The predicted octanol–water partition coefficient (Wildman–Crippen LogP) is 2.08. The van der Waals surface area contributed by atoms with Crippen molar-refractivity contribution in [2.45, 2.75) is 70.5 Å². The number of amides is 2.